The van der Waals surface area contributed by atoms with Gasteiger partial charge in [0.1, 0.15) is 0 Å². The van der Waals surface area contributed by atoms with Crippen molar-refractivity contribution in [1.29, 1.82) is 0 Å². The van der Waals surface area contributed by atoms with E-state index in [0.717, 1.165) is 12.8 Å². The summed E-state index contributed by atoms with van der Waals surface area (Å²) in [6, 6.07) is 0.124. The molecular weight excluding hydrogens is 352 g/mol. The van der Waals surface area contributed by atoms with Crippen LogP contribution in [0.1, 0.15) is 19.3 Å². The molecule has 0 radical (unpaired) electrons. The van der Waals surface area contributed by atoms with E-state index in [0.29, 0.717) is 6.54 Å². The molecule has 1 heterocycles. The number of likely N-dealkylation sites (tertiary alicyclic amines) is 1. The Hall–Kier alpha value is -1.68. The highest BCUT2D eigenvalue weighted by molar-refractivity contribution is 7.89. The van der Waals surface area contributed by atoms with Gasteiger partial charge in [-0.2, -0.15) is 0 Å². The predicted molar refractivity (Wildman–Crippen MR) is 74.3 cm³/mol. The Labute approximate surface area is 135 Å². The van der Waals surface area contributed by atoms with Crippen molar-refractivity contribution in [2.45, 2.75) is 30.2 Å². The van der Waals surface area contributed by atoms with Gasteiger partial charge in [-0.1, -0.05) is 0 Å². The number of hydrogen-bond donors (Lipinski definition) is 1. The molecule has 1 atom stereocenters. The van der Waals surface area contributed by atoms with Crippen LogP contribution < -0.4 is 4.72 Å². The lowest BCUT2D eigenvalue weighted by molar-refractivity contribution is -0.128. The molecule has 1 N–H and O–H groups in total. The van der Waals surface area contributed by atoms with E-state index in [1.54, 1.807) is 4.90 Å². The standard InChI is InChI=1S/C14H14F4N2O3S/c15-9-4-10(16)13(18)14(12(9)17)24(22,23)19-5-7-3-11(21)20(6-7)8-1-2-8/h4,7-8,19H,1-3,5-6H2. The van der Waals surface area contributed by atoms with Crippen LogP contribution in [0.25, 0.3) is 0 Å². The Morgan fingerprint density at radius 2 is 1.71 bits per heavy atom. The monoisotopic (exact) mass is 366 g/mol. The number of nitrogens with zero attached hydrogens (tertiary/aromatic N) is 1. The second-order valence-corrected chi connectivity index (χ2v) is 7.70. The van der Waals surface area contributed by atoms with Crippen molar-refractivity contribution in [3.05, 3.63) is 29.3 Å². The van der Waals surface area contributed by atoms with Gasteiger partial charge in [0.2, 0.25) is 15.9 Å². The highest BCUT2D eigenvalue weighted by atomic mass is 32.2. The summed E-state index contributed by atoms with van der Waals surface area (Å²) in [6.45, 7) is 0.0861. The molecule has 1 aliphatic carbocycles. The molecular formula is C14H14F4N2O3S. The second kappa shape index (κ2) is 5.99. The van der Waals surface area contributed by atoms with Crippen LogP contribution in [0, 0.1) is 29.2 Å². The molecule has 24 heavy (non-hydrogen) atoms. The Kier molecular flexibility index (Phi) is 4.28. The second-order valence-electron chi connectivity index (χ2n) is 6.00. The van der Waals surface area contributed by atoms with Crippen LogP contribution in [0.4, 0.5) is 17.6 Å². The van der Waals surface area contributed by atoms with Crippen molar-refractivity contribution in [2.75, 3.05) is 13.1 Å². The van der Waals surface area contributed by atoms with Gasteiger partial charge in [0.05, 0.1) is 0 Å². The van der Waals surface area contributed by atoms with Gasteiger partial charge in [-0.25, -0.2) is 30.7 Å². The minimum atomic E-state index is -4.80. The van der Waals surface area contributed by atoms with Crippen molar-refractivity contribution in [3.63, 3.8) is 0 Å². The number of rotatable bonds is 5. The van der Waals surface area contributed by atoms with Crippen LogP contribution in [-0.2, 0) is 14.8 Å². The van der Waals surface area contributed by atoms with E-state index in [1.165, 1.54) is 0 Å². The molecule has 10 heteroatoms. The van der Waals surface area contributed by atoms with E-state index < -0.39 is 38.2 Å². The van der Waals surface area contributed by atoms with Gasteiger partial charge in [0, 0.05) is 31.6 Å². The summed E-state index contributed by atoms with van der Waals surface area (Å²) < 4.78 is 79.5. The fourth-order valence-corrected chi connectivity index (χ4v) is 4.04. The first kappa shape index (κ1) is 17.2. The molecule has 1 unspecified atom stereocenters. The number of hydrogen-bond acceptors (Lipinski definition) is 3. The molecule has 0 spiro atoms. The summed E-state index contributed by atoms with van der Waals surface area (Å²) in [6.07, 6.45) is 1.92. The van der Waals surface area contributed by atoms with Gasteiger partial charge < -0.3 is 4.90 Å². The SMILES string of the molecule is O=C1CC(CNS(=O)(=O)c2c(F)c(F)cc(F)c2F)CN1C1CC1. The molecule has 3 rings (SSSR count). The molecule has 1 aliphatic heterocycles. The van der Waals surface area contributed by atoms with Gasteiger partial charge in [-0.3, -0.25) is 4.79 Å². The summed E-state index contributed by atoms with van der Waals surface area (Å²) in [7, 11) is -4.80. The fraction of sp³-hybridized carbons (Fsp3) is 0.500. The third-order valence-corrected chi connectivity index (χ3v) is 5.57. The lowest BCUT2D eigenvalue weighted by atomic mass is 10.1. The highest BCUT2D eigenvalue weighted by Crippen LogP contribution is 2.32. The number of carbonyl (C=O) groups excluding carboxylic acids is 1. The fourth-order valence-electron chi connectivity index (χ4n) is 2.77. The van der Waals surface area contributed by atoms with E-state index in [9.17, 15) is 30.8 Å². The quantitative estimate of drug-likeness (QED) is 0.635. The molecule has 1 aromatic rings. The van der Waals surface area contributed by atoms with Crippen molar-refractivity contribution in [1.82, 2.24) is 9.62 Å². The maximum atomic E-state index is 13.6. The van der Waals surface area contributed by atoms with Crippen LogP contribution in [0.15, 0.2) is 11.0 Å². The Morgan fingerprint density at radius 1 is 1.12 bits per heavy atom. The molecule has 1 amide bonds. The number of sulfonamides is 1. The smallest absolute Gasteiger partial charge is 0.246 e. The van der Waals surface area contributed by atoms with E-state index in [2.05, 4.69) is 0 Å². The zero-order chi connectivity index (χ0) is 17.6. The Balaban J connectivity index is 1.74. The molecule has 1 saturated heterocycles. The third-order valence-electron chi connectivity index (χ3n) is 4.13. The molecule has 2 fully saturated rings. The van der Waals surface area contributed by atoms with Crippen LogP contribution in [-0.4, -0.2) is 38.4 Å². The predicted octanol–water partition coefficient (Wildman–Crippen LogP) is 1.53. The van der Waals surface area contributed by atoms with Crippen molar-refractivity contribution in [3.8, 4) is 0 Å². The topological polar surface area (TPSA) is 66.5 Å². The number of nitrogens with one attached hydrogen (secondary N) is 1. The molecule has 1 aromatic carbocycles. The minimum Gasteiger partial charge on any atom is -0.339 e. The van der Waals surface area contributed by atoms with Gasteiger partial charge in [-0.15, -0.1) is 0 Å². The zero-order valence-electron chi connectivity index (χ0n) is 12.4. The maximum Gasteiger partial charge on any atom is 0.246 e. The van der Waals surface area contributed by atoms with Crippen molar-refractivity contribution >= 4 is 15.9 Å². The molecule has 2 aliphatic rings. The van der Waals surface area contributed by atoms with E-state index in [1.807, 2.05) is 4.72 Å². The summed E-state index contributed by atoms with van der Waals surface area (Å²) in [5.74, 6) is -8.03. The first-order chi connectivity index (χ1) is 11.2. The van der Waals surface area contributed by atoms with Gasteiger partial charge in [-0.05, 0) is 18.8 Å². The summed E-state index contributed by atoms with van der Waals surface area (Å²) in [5.41, 5.74) is 0. The van der Waals surface area contributed by atoms with E-state index in [4.69, 9.17) is 0 Å². The maximum absolute atomic E-state index is 13.6. The lowest BCUT2D eigenvalue weighted by Gasteiger charge is -2.16. The normalized spacial score (nSPS) is 21.6. The first-order valence-corrected chi connectivity index (χ1v) is 8.81. The van der Waals surface area contributed by atoms with Crippen molar-refractivity contribution < 1.29 is 30.8 Å². The molecule has 0 aromatic heterocycles. The van der Waals surface area contributed by atoms with Gasteiger partial charge in [0.15, 0.2) is 28.2 Å². The molecule has 0 bridgehead atoms. The summed E-state index contributed by atoms with van der Waals surface area (Å²) in [5, 5.41) is 0. The number of benzene rings is 1. The third kappa shape index (κ3) is 3.12. The average molecular weight is 366 g/mol. The number of halogens is 4. The van der Waals surface area contributed by atoms with Gasteiger partial charge in [0.25, 0.3) is 0 Å². The summed E-state index contributed by atoms with van der Waals surface area (Å²) in [4.78, 5) is 11.8. The van der Waals surface area contributed by atoms with E-state index >= 15 is 0 Å². The van der Waals surface area contributed by atoms with Crippen LogP contribution in [0.3, 0.4) is 0 Å². The summed E-state index contributed by atoms with van der Waals surface area (Å²) >= 11 is 0. The van der Waals surface area contributed by atoms with Crippen LogP contribution >= 0.6 is 0 Å². The Morgan fingerprint density at radius 3 is 2.25 bits per heavy atom. The zero-order valence-corrected chi connectivity index (χ0v) is 13.2. The largest absolute Gasteiger partial charge is 0.339 e. The van der Waals surface area contributed by atoms with Gasteiger partial charge >= 0.3 is 0 Å². The molecule has 132 valence electrons. The van der Waals surface area contributed by atoms with Crippen LogP contribution in [0.2, 0.25) is 0 Å². The lowest BCUT2D eigenvalue weighted by Crippen LogP contribution is -2.33. The van der Waals surface area contributed by atoms with Crippen molar-refractivity contribution in [2.24, 2.45) is 5.92 Å². The molecule has 5 nitrogen and oxygen atoms in total. The van der Waals surface area contributed by atoms with E-state index in [-0.39, 0.29) is 36.9 Å². The first-order valence-electron chi connectivity index (χ1n) is 7.33. The average Bonchev–Trinajstić information content (AvgIpc) is 3.27. The number of carbonyl (C=O) groups is 1. The Bertz CT molecular complexity index is 769. The number of amides is 1. The minimum absolute atomic E-state index is 0.0627. The van der Waals surface area contributed by atoms with Crippen LogP contribution in [0.5, 0.6) is 0 Å². The highest BCUT2D eigenvalue weighted by Gasteiger charge is 2.40. The molecule has 1 saturated carbocycles.